The van der Waals surface area contributed by atoms with E-state index in [1.165, 1.54) is 0 Å². The molecule has 0 atom stereocenters. The summed E-state index contributed by atoms with van der Waals surface area (Å²) in [6.45, 7) is 6.04. The summed E-state index contributed by atoms with van der Waals surface area (Å²) in [5.41, 5.74) is 1.08. The minimum atomic E-state index is -0.406. The highest BCUT2D eigenvalue weighted by atomic mass is 16.5. The van der Waals surface area contributed by atoms with Crippen molar-refractivity contribution in [2.75, 3.05) is 32.7 Å². The van der Waals surface area contributed by atoms with Crippen LogP contribution >= 0.6 is 0 Å². The van der Waals surface area contributed by atoms with Crippen molar-refractivity contribution in [1.29, 1.82) is 0 Å². The van der Waals surface area contributed by atoms with Crippen molar-refractivity contribution < 1.29 is 19.0 Å². The van der Waals surface area contributed by atoms with E-state index in [1.54, 1.807) is 39.3 Å². The highest BCUT2D eigenvalue weighted by Crippen LogP contribution is 2.28. The maximum atomic E-state index is 11.4. The first kappa shape index (κ1) is 14.9. The van der Waals surface area contributed by atoms with Crippen LogP contribution in [-0.2, 0) is 9.53 Å². The van der Waals surface area contributed by atoms with E-state index >= 15 is 0 Å². The van der Waals surface area contributed by atoms with Crippen LogP contribution in [0, 0.1) is 0 Å². The molecule has 104 valence electrons. The number of benzene rings is 1. The van der Waals surface area contributed by atoms with Crippen LogP contribution in [0.1, 0.15) is 6.92 Å². The second kappa shape index (κ2) is 7.31. The molecular weight excluding hydrogens is 246 g/mol. The van der Waals surface area contributed by atoms with Gasteiger partial charge >= 0.3 is 5.97 Å². The molecule has 0 aliphatic heterocycles. The van der Waals surface area contributed by atoms with Crippen LogP contribution in [0.15, 0.2) is 30.4 Å². The Morgan fingerprint density at radius 2 is 2.05 bits per heavy atom. The monoisotopic (exact) mass is 265 g/mol. The van der Waals surface area contributed by atoms with Crippen LogP contribution in [0.25, 0.3) is 0 Å². The Hall–Kier alpha value is -2.17. The quantitative estimate of drug-likeness (QED) is 0.605. The SMILES string of the molecule is C=C(CNc1cc(OC)ccc1OC)C(=O)OCC. The van der Waals surface area contributed by atoms with Gasteiger partial charge in [0.2, 0.25) is 0 Å². The van der Waals surface area contributed by atoms with Crippen molar-refractivity contribution in [2.45, 2.75) is 6.92 Å². The van der Waals surface area contributed by atoms with Crippen molar-refractivity contribution in [3.63, 3.8) is 0 Å². The molecule has 5 nitrogen and oxygen atoms in total. The minimum Gasteiger partial charge on any atom is -0.497 e. The van der Waals surface area contributed by atoms with Gasteiger partial charge in [0.1, 0.15) is 11.5 Å². The molecule has 0 saturated carbocycles. The van der Waals surface area contributed by atoms with Crippen LogP contribution in [0.4, 0.5) is 5.69 Å². The Balaban J connectivity index is 2.70. The highest BCUT2D eigenvalue weighted by Gasteiger charge is 2.09. The number of esters is 1. The second-order valence-corrected chi connectivity index (χ2v) is 3.74. The largest absolute Gasteiger partial charge is 0.497 e. The van der Waals surface area contributed by atoms with Crippen LogP contribution in [0.2, 0.25) is 0 Å². The van der Waals surface area contributed by atoms with Crippen molar-refractivity contribution >= 4 is 11.7 Å². The molecule has 0 aromatic heterocycles. The summed E-state index contributed by atoms with van der Waals surface area (Å²) in [6.07, 6.45) is 0. The van der Waals surface area contributed by atoms with Gasteiger partial charge in [0.25, 0.3) is 0 Å². The van der Waals surface area contributed by atoms with Crippen molar-refractivity contribution in [2.24, 2.45) is 0 Å². The van der Waals surface area contributed by atoms with Gasteiger partial charge in [-0.05, 0) is 19.1 Å². The number of carbonyl (C=O) groups excluding carboxylic acids is 1. The van der Waals surface area contributed by atoms with Crippen LogP contribution in [0.3, 0.4) is 0 Å². The molecule has 0 fully saturated rings. The van der Waals surface area contributed by atoms with Gasteiger partial charge in [0.05, 0.1) is 26.5 Å². The number of hydrogen-bond donors (Lipinski definition) is 1. The third kappa shape index (κ3) is 4.21. The van der Waals surface area contributed by atoms with E-state index in [-0.39, 0.29) is 6.54 Å². The number of carbonyl (C=O) groups is 1. The lowest BCUT2D eigenvalue weighted by atomic mass is 10.2. The number of ether oxygens (including phenoxy) is 3. The molecule has 1 N–H and O–H groups in total. The minimum absolute atomic E-state index is 0.280. The zero-order valence-corrected chi connectivity index (χ0v) is 11.5. The van der Waals surface area contributed by atoms with E-state index < -0.39 is 5.97 Å². The zero-order chi connectivity index (χ0) is 14.3. The Labute approximate surface area is 113 Å². The first-order valence-electron chi connectivity index (χ1n) is 5.93. The van der Waals surface area contributed by atoms with Gasteiger partial charge in [-0.2, -0.15) is 0 Å². The number of rotatable bonds is 7. The first-order chi connectivity index (χ1) is 9.12. The maximum absolute atomic E-state index is 11.4. The molecule has 0 saturated heterocycles. The topological polar surface area (TPSA) is 56.8 Å². The molecule has 19 heavy (non-hydrogen) atoms. The van der Waals surface area contributed by atoms with Crippen molar-refractivity contribution in [3.8, 4) is 11.5 Å². The third-order valence-corrected chi connectivity index (χ3v) is 2.46. The highest BCUT2D eigenvalue weighted by molar-refractivity contribution is 5.88. The summed E-state index contributed by atoms with van der Waals surface area (Å²) in [5, 5.41) is 3.07. The lowest BCUT2D eigenvalue weighted by Gasteiger charge is -2.13. The summed E-state index contributed by atoms with van der Waals surface area (Å²) in [7, 11) is 3.16. The summed E-state index contributed by atoms with van der Waals surface area (Å²) in [6, 6.07) is 5.37. The van der Waals surface area contributed by atoms with Crippen LogP contribution in [-0.4, -0.2) is 33.3 Å². The van der Waals surface area contributed by atoms with E-state index in [0.29, 0.717) is 23.7 Å². The fourth-order valence-corrected chi connectivity index (χ4v) is 1.46. The molecule has 5 heteroatoms. The summed E-state index contributed by atoms with van der Waals surface area (Å²) >= 11 is 0. The third-order valence-electron chi connectivity index (χ3n) is 2.46. The van der Waals surface area contributed by atoms with Gasteiger partial charge in [-0.3, -0.25) is 0 Å². The predicted octanol–water partition coefficient (Wildman–Crippen LogP) is 2.24. The Morgan fingerprint density at radius 3 is 2.63 bits per heavy atom. The molecule has 0 spiro atoms. The number of methoxy groups -OCH3 is 2. The van der Waals surface area contributed by atoms with Crippen molar-refractivity contribution in [1.82, 2.24) is 0 Å². The van der Waals surface area contributed by atoms with Gasteiger partial charge in [0, 0.05) is 18.2 Å². The zero-order valence-electron chi connectivity index (χ0n) is 11.5. The fraction of sp³-hybridized carbons (Fsp3) is 0.357. The molecule has 1 aromatic carbocycles. The lowest BCUT2D eigenvalue weighted by molar-refractivity contribution is -0.138. The van der Waals surface area contributed by atoms with E-state index in [1.807, 2.05) is 0 Å². The molecule has 0 unspecified atom stereocenters. The van der Waals surface area contributed by atoms with Gasteiger partial charge < -0.3 is 19.5 Å². The lowest BCUT2D eigenvalue weighted by Crippen LogP contribution is -2.15. The summed E-state index contributed by atoms with van der Waals surface area (Å²) in [4.78, 5) is 11.4. The molecule has 0 aliphatic rings. The van der Waals surface area contributed by atoms with E-state index in [9.17, 15) is 4.79 Å². The molecule has 0 bridgehead atoms. The van der Waals surface area contributed by atoms with Gasteiger partial charge in [0.15, 0.2) is 0 Å². The Kier molecular flexibility index (Phi) is 5.73. The molecule has 0 heterocycles. The molecule has 1 rings (SSSR count). The molecular formula is C14H19NO4. The van der Waals surface area contributed by atoms with E-state index in [4.69, 9.17) is 14.2 Å². The van der Waals surface area contributed by atoms with Crippen LogP contribution in [0.5, 0.6) is 11.5 Å². The van der Waals surface area contributed by atoms with Gasteiger partial charge in [-0.25, -0.2) is 4.79 Å². The van der Waals surface area contributed by atoms with Crippen molar-refractivity contribution in [3.05, 3.63) is 30.4 Å². The Morgan fingerprint density at radius 1 is 1.32 bits per heavy atom. The maximum Gasteiger partial charge on any atom is 0.335 e. The average Bonchev–Trinajstić information content (AvgIpc) is 2.44. The molecule has 0 amide bonds. The van der Waals surface area contributed by atoms with Crippen LogP contribution < -0.4 is 14.8 Å². The normalized spacial score (nSPS) is 9.63. The Bertz CT molecular complexity index is 457. The number of hydrogen-bond acceptors (Lipinski definition) is 5. The fourth-order valence-electron chi connectivity index (χ4n) is 1.46. The van der Waals surface area contributed by atoms with E-state index in [0.717, 1.165) is 5.69 Å². The van der Waals surface area contributed by atoms with E-state index in [2.05, 4.69) is 11.9 Å². The predicted molar refractivity (Wildman–Crippen MR) is 73.8 cm³/mol. The van der Waals surface area contributed by atoms with Gasteiger partial charge in [-0.1, -0.05) is 6.58 Å². The smallest absolute Gasteiger partial charge is 0.335 e. The summed E-state index contributed by atoms with van der Waals surface area (Å²) in [5.74, 6) is 0.958. The summed E-state index contributed by atoms with van der Waals surface area (Å²) < 4.78 is 15.2. The molecule has 0 aliphatic carbocycles. The molecule has 1 aromatic rings. The second-order valence-electron chi connectivity index (χ2n) is 3.74. The van der Waals surface area contributed by atoms with Gasteiger partial charge in [-0.15, -0.1) is 0 Å². The average molecular weight is 265 g/mol. The first-order valence-corrected chi connectivity index (χ1v) is 5.93. The number of nitrogens with one attached hydrogen (secondary N) is 1. The standard InChI is InChI=1S/C14H19NO4/c1-5-19-14(16)10(2)9-15-12-8-11(17-3)6-7-13(12)18-4/h6-8,15H,2,5,9H2,1,3-4H3. The molecule has 0 radical (unpaired) electrons. The number of anilines is 1.